The second-order valence-electron chi connectivity index (χ2n) is 5.58. The van der Waals surface area contributed by atoms with Gasteiger partial charge in [0, 0.05) is 19.3 Å². The second-order valence-corrected chi connectivity index (χ2v) is 5.58. The summed E-state index contributed by atoms with van der Waals surface area (Å²) in [4.78, 5) is 16.0. The lowest BCUT2D eigenvalue weighted by molar-refractivity contribution is 0.0920. The average molecular weight is 249 g/mol. The lowest BCUT2D eigenvalue weighted by Crippen LogP contribution is -2.37. The number of carbonyl (C=O) groups is 1. The van der Waals surface area contributed by atoms with E-state index in [4.69, 9.17) is 5.73 Å². The van der Waals surface area contributed by atoms with Crippen molar-refractivity contribution in [3.05, 3.63) is 29.6 Å². The summed E-state index contributed by atoms with van der Waals surface area (Å²) >= 11 is 0. The van der Waals surface area contributed by atoms with Gasteiger partial charge in [-0.05, 0) is 23.0 Å². The lowest BCUT2D eigenvalue weighted by Gasteiger charge is -2.29. The number of aromatic nitrogens is 1. The first-order valence-electron chi connectivity index (χ1n) is 6.30. The molecule has 0 aliphatic heterocycles. The van der Waals surface area contributed by atoms with E-state index in [-0.39, 0.29) is 11.3 Å². The van der Waals surface area contributed by atoms with Crippen molar-refractivity contribution in [3.8, 4) is 0 Å². The molecule has 1 aromatic heterocycles. The molecule has 0 fully saturated rings. The summed E-state index contributed by atoms with van der Waals surface area (Å²) < 4.78 is 0. The quantitative estimate of drug-likeness (QED) is 0.838. The zero-order valence-electron chi connectivity index (χ0n) is 11.7. The maximum absolute atomic E-state index is 11.9. The smallest absolute Gasteiger partial charge is 0.269 e. The van der Waals surface area contributed by atoms with Crippen LogP contribution in [0.4, 0.5) is 0 Å². The average Bonchev–Trinajstić information content (AvgIpc) is 2.36. The molecule has 4 nitrogen and oxygen atoms in total. The Bertz CT molecular complexity index is 396. The van der Waals surface area contributed by atoms with Crippen LogP contribution >= 0.6 is 0 Å². The molecule has 0 radical (unpaired) electrons. The molecule has 100 valence electrons. The van der Waals surface area contributed by atoms with Crippen molar-refractivity contribution in [1.82, 2.24) is 10.3 Å². The Balaban J connectivity index is 2.60. The molecular weight excluding hydrogens is 226 g/mol. The summed E-state index contributed by atoms with van der Waals surface area (Å²) in [6, 6.07) is 3.54. The zero-order valence-corrected chi connectivity index (χ0v) is 11.7. The Labute approximate surface area is 109 Å². The van der Waals surface area contributed by atoms with E-state index in [2.05, 4.69) is 38.0 Å². The van der Waals surface area contributed by atoms with Gasteiger partial charge in [-0.25, -0.2) is 0 Å². The number of carbonyl (C=O) groups excluding carboxylic acids is 1. The molecule has 0 atom stereocenters. The minimum absolute atomic E-state index is 0.0762. The maximum atomic E-state index is 11.9. The molecule has 18 heavy (non-hydrogen) atoms. The van der Waals surface area contributed by atoms with Gasteiger partial charge in [0.15, 0.2) is 0 Å². The van der Waals surface area contributed by atoms with Crippen LogP contribution in [0.3, 0.4) is 0 Å². The van der Waals surface area contributed by atoms with Gasteiger partial charge in [0.1, 0.15) is 5.69 Å². The van der Waals surface area contributed by atoms with Crippen LogP contribution in [0.25, 0.3) is 0 Å². The van der Waals surface area contributed by atoms with E-state index in [1.165, 1.54) is 0 Å². The van der Waals surface area contributed by atoms with Gasteiger partial charge in [0.2, 0.25) is 0 Å². The highest BCUT2D eigenvalue weighted by Gasteiger charge is 2.23. The third-order valence-electron chi connectivity index (χ3n) is 3.56. The van der Waals surface area contributed by atoms with E-state index in [1.807, 2.05) is 6.07 Å². The van der Waals surface area contributed by atoms with Crippen LogP contribution in [0, 0.1) is 11.3 Å². The minimum atomic E-state index is -0.132. The predicted octanol–water partition coefficient (Wildman–Crippen LogP) is 1.95. The molecule has 1 aromatic rings. The molecule has 0 spiro atoms. The van der Waals surface area contributed by atoms with Crippen LogP contribution in [0.2, 0.25) is 0 Å². The van der Waals surface area contributed by atoms with E-state index in [0.717, 1.165) is 5.56 Å². The van der Waals surface area contributed by atoms with Gasteiger partial charge in [0.05, 0.1) is 0 Å². The molecule has 0 saturated heterocycles. The Morgan fingerprint density at radius 1 is 1.44 bits per heavy atom. The van der Waals surface area contributed by atoms with Gasteiger partial charge in [-0.15, -0.1) is 0 Å². The van der Waals surface area contributed by atoms with Gasteiger partial charge in [-0.2, -0.15) is 0 Å². The van der Waals surface area contributed by atoms with E-state index in [1.54, 1.807) is 12.3 Å². The summed E-state index contributed by atoms with van der Waals surface area (Å²) in [6.45, 7) is 9.67. The molecule has 1 rings (SSSR count). The first-order chi connectivity index (χ1) is 8.36. The lowest BCUT2D eigenvalue weighted by atomic mass is 9.81. The standard InChI is InChI=1S/C14H23N3O/c1-10(2)14(3,4)9-17-13(18)12-6-5-11(7-15)8-16-12/h5-6,8,10H,7,9,15H2,1-4H3,(H,17,18). The highest BCUT2D eigenvalue weighted by Crippen LogP contribution is 2.24. The minimum Gasteiger partial charge on any atom is -0.350 e. The largest absolute Gasteiger partial charge is 0.350 e. The SMILES string of the molecule is CC(C)C(C)(C)CNC(=O)c1ccc(CN)cn1. The summed E-state index contributed by atoms with van der Waals surface area (Å²) in [5.41, 5.74) is 6.92. The summed E-state index contributed by atoms with van der Waals surface area (Å²) in [6.07, 6.45) is 1.64. The Hall–Kier alpha value is -1.42. The van der Waals surface area contributed by atoms with Crippen molar-refractivity contribution in [2.75, 3.05) is 6.54 Å². The number of nitrogens with two attached hydrogens (primary N) is 1. The van der Waals surface area contributed by atoms with Gasteiger partial charge in [0.25, 0.3) is 5.91 Å². The van der Waals surface area contributed by atoms with Crippen LogP contribution in [0.5, 0.6) is 0 Å². The third kappa shape index (κ3) is 3.81. The highest BCUT2D eigenvalue weighted by molar-refractivity contribution is 5.92. The van der Waals surface area contributed by atoms with E-state index < -0.39 is 0 Å². The Kier molecular flexibility index (Phi) is 4.84. The number of nitrogens with zero attached hydrogens (tertiary/aromatic N) is 1. The molecule has 0 bridgehead atoms. The first-order valence-corrected chi connectivity index (χ1v) is 6.30. The number of pyridine rings is 1. The third-order valence-corrected chi connectivity index (χ3v) is 3.56. The number of amides is 1. The maximum Gasteiger partial charge on any atom is 0.269 e. The predicted molar refractivity (Wildman–Crippen MR) is 73.1 cm³/mol. The van der Waals surface area contributed by atoms with Crippen LogP contribution < -0.4 is 11.1 Å². The molecule has 3 N–H and O–H groups in total. The molecule has 1 heterocycles. The number of hydrogen-bond acceptors (Lipinski definition) is 3. The van der Waals surface area contributed by atoms with Gasteiger partial charge < -0.3 is 11.1 Å². The van der Waals surface area contributed by atoms with Crippen LogP contribution in [0.15, 0.2) is 18.3 Å². The second kappa shape index (κ2) is 5.96. The molecule has 4 heteroatoms. The Morgan fingerprint density at radius 3 is 2.56 bits per heavy atom. The van der Waals surface area contributed by atoms with Crippen molar-refractivity contribution >= 4 is 5.91 Å². The fraction of sp³-hybridized carbons (Fsp3) is 0.571. The van der Waals surface area contributed by atoms with E-state index >= 15 is 0 Å². The van der Waals surface area contributed by atoms with Crippen molar-refractivity contribution in [2.24, 2.45) is 17.1 Å². The first kappa shape index (κ1) is 14.6. The monoisotopic (exact) mass is 249 g/mol. The van der Waals surface area contributed by atoms with Crippen molar-refractivity contribution in [1.29, 1.82) is 0 Å². The molecule has 1 amide bonds. The van der Waals surface area contributed by atoms with Gasteiger partial charge >= 0.3 is 0 Å². The highest BCUT2D eigenvalue weighted by atomic mass is 16.1. The summed E-state index contributed by atoms with van der Waals surface area (Å²) in [5, 5.41) is 2.93. The number of rotatable bonds is 5. The van der Waals surface area contributed by atoms with Crippen LogP contribution in [-0.4, -0.2) is 17.4 Å². The molecule has 0 aliphatic rings. The van der Waals surface area contributed by atoms with E-state index in [9.17, 15) is 4.79 Å². The topological polar surface area (TPSA) is 68.0 Å². The Morgan fingerprint density at radius 2 is 2.11 bits per heavy atom. The van der Waals surface area contributed by atoms with Gasteiger partial charge in [-0.1, -0.05) is 33.8 Å². The fourth-order valence-corrected chi connectivity index (χ4v) is 1.28. The molecule has 0 saturated carbocycles. The normalized spacial score (nSPS) is 11.7. The molecule has 0 unspecified atom stereocenters. The van der Waals surface area contributed by atoms with Crippen molar-refractivity contribution in [3.63, 3.8) is 0 Å². The van der Waals surface area contributed by atoms with Crippen molar-refractivity contribution in [2.45, 2.75) is 34.2 Å². The number of hydrogen-bond donors (Lipinski definition) is 2. The zero-order chi connectivity index (χ0) is 13.8. The van der Waals surface area contributed by atoms with Crippen LogP contribution in [0.1, 0.15) is 43.7 Å². The van der Waals surface area contributed by atoms with Crippen molar-refractivity contribution < 1.29 is 4.79 Å². The van der Waals surface area contributed by atoms with Crippen LogP contribution in [-0.2, 0) is 6.54 Å². The molecule has 0 aliphatic carbocycles. The molecule has 0 aromatic carbocycles. The summed E-state index contributed by atoms with van der Waals surface area (Å²) in [7, 11) is 0. The van der Waals surface area contributed by atoms with Gasteiger partial charge in [-0.3, -0.25) is 9.78 Å². The number of nitrogens with one attached hydrogen (secondary N) is 1. The summed E-state index contributed by atoms with van der Waals surface area (Å²) in [5.74, 6) is 0.373. The fourth-order valence-electron chi connectivity index (χ4n) is 1.28. The van der Waals surface area contributed by atoms with E-state index in [0.29, 0.717) is 24.7 Å². The molecular formula is C14H23N3O.